The van der Waals surface area contributed by atoms with E-state index in [1.807, 2.05) is 6.08 Å². The molecule has 0 N–H and O–H groups in total. The molecule has 0 saturated carbocycles. The van der Waals surface area contributed by atoms with Crippen LogP contribution in [0.15, 0.2) is 26.8 Å². The van der Waals surface area contributed by atoms with Crippen molar-refractivity contribution < 1.29 is 0 Å². The summed E-state index contributed by atoms with van der Waals surface area (Å²) in [5.74, 6) is 2.54. The summed E-state index contributed by atoms with van der Waals surface area (Å²) in [4.78, 5) is 13.3. The lowest BCUT2D eigenvalue weighted by Crippen LogP contribution is -2.01. The second kappa shape index (κ2) is 3.15. The van der Waals surface area contributed by atoms with Crippen LogP contribution in [0.4, 0.5) is 0 Å². The van der Waals surface area contributed by atoms with Crippen molar-refractivity contribution in [2.24, 2.45) is 26.8 Å². The van der Waals surface area contributed by atoms with E-state index in [0.717, 1.165) is 23.1 Å². The van der Waals surface area contributed by atoms with Gasteiger partial charge in [0.1, 0.15) is 11.5 Å². The first-order chi connectivity index (χ1) is 6.58. The van der Waals surface area contributed by atoms with Crippen molar-refractivity contribution in [1.29, 1.82) is 0 Å². The van der Waals surface area contributed by atoms with Crippen LogP contribution in [0.5, 0.6) is 0 Å². The van der Waals surface area contributed by atoms with Gasteiger partial charge in [0, 0.05) is 11.6 Å². The lowest BCUT2D eigenvalue weighted by atomic mass is 10.1. The van der Waals surface area contributed by atoms with E-state index in [2.05, 4.69) is 42.7 Å². The van der Waals surface area contributed by atoms with Gasteiger partial charge in [0.15, 0.2) is 5.84 Å². The first-order valence-corrected chi connectivity index (χ1v) is 5.06. The molecule has 0 unspecified atom stereocenters. The SMILES string of the molecule is CC(C)C1=CC2=NC(C(C)C)=NC2=N1. The molecule has 2 heterocycles. The molecule has 0 radical (unpaired) electrons. The number of aliphatic imine (C=N–C) groups is 3. The minimum Gasteiger partial charge on any atom is -0.231 e. The molecule has 0 aromatic rings. The van der Waals surface area contributed by atoms with E-state index in [-0.39, 0.29) is 0 Å². The van der Waals surface area contributed by atoms with Crippen molar-refractivity contribution in [3.63, 3.8) is 0 Å². The van der Waals surface area contributed by atoms with Crippen LogP contribution in [0.3, 0.4) is 0 Å². The molecule has 2 aliphatic rings. The zero-order valence-corrected chi connectivity index (χ0v) is 9.07. The summed E-state index contributed by atoms with van der Waals surface area (Å²) >= 11 is 0. The maximum Gasteiger partial charge on any atom is 0.180 e. The maximum absolute atomic E-state index is 4.44. The lowest BCUT2D eigenvalue weighted by Gasteiger charge is -2.01. The van der Waals surface area contributed by atoms with Crippen molar-refractivity contribution in [3.8, 4) is 0 Å². The van der Waals surface area contributed by atoms with Crippen LogP contribution in [0.2, 0.25) is 0 Å². The number of hydrogen-bond donors (Lipinski definition) is 0. The van der Waals surface area contributed by atoms with Crippen LogP contribution < -0.4 is 0 Å². The molecule has 2 rings (SSSR count). The Bertz CT molecular complexity index is 343. The van der Waals surface area contributed by atoms with E-state index in [1.54, 1.807) is 0 Å². The molecule has 3 heteroatoms. The average molecular weight is 189 g/mol. The van der Waals surface area contributed by atoms with Gasteiger partial charge in [-0.2, -0.15) is 0 Å². The second-order valence-electron chi connectivity index (χ2n) is 4.28. The third kappa shape index (κ3) is 1.43. The number of fused-ring (bicyclic) bond motifs is 1. The topological polar surface area (TPSA) is 37.1 Å². The van der Waals surface area contributed by atoms with Gasteiger partial charge in [-0.05, 0) is 12.0 Å². The minimum absolute atomic E-state index is 0.381. The molecule has 0 bridgehead atoms. The number of rotatable bonds is 2. The summed E-state index contributed by atoms with van der Waals surface area (Å²) in [6.45, 7) is 8.45. The highest BCUT2D eigenvalue weighted by atomic mass is 15.1. The summed E-state index contributed by atoms with van der Waals surface area (Å²) < 4.78 is 0. The van der Waals surface area contributed by atoms with Gasteiger partial charge < -0.3 is 0 Å². The molecular formula is C11H15N3. The highest BCUT2D eigenvalue weighted by Gasteiger charge is 2.24. The Balaban J connectivity index is 2.26. The van der Waals surface area contributed by atoms with Gasteiger partial charge in [-0.3, -0.25) is 0 Å². The third-order valence-corrected chi connectivity index (χ3v) is 2.31. The van der Waals surface area contributed by atoms with Crippen molar-refractivity contribution >= 4 is 17.4 Å². The lowest BCUT2D eigenvalue weighted by molar-refractivity contribution is 0.762. The Morgan fingerprint density at radius 1 is 0.929 bits per heavy atom. The van der Waals surface area contributed by atoms with Crippen molar-refractivity contribution in [2.45, 2.75) is 27.7 Å². The van der Waals surface area contributed by atoms with Crippen molar-refractivity contribution in [3.05, 3.63) is 11.8 Å². The summed E-state index contributed by atoms with van der Waals surface area (Å²) in [6, 6.07) is 0. The predicted octanol–water partition coefficient (Wildman–Crippen LogP) is 2.45. The summed E-state index contributed by atoms with van der Waals surface area (Å²) in [7, 11) is 0. The maximum atomic E-state index is 4.44. The molecule has 0 fully saturated rings. The van der Waals surface area contributed by atoms with E-state index >= 15 is 0 Å². The fraction of sp³-hybridized carbons (Fsp3) is 0.545. The van der Waals surface area contributed by atoms with Crippen LogP contribution >= 0.6 is 0 Å². The van der Waals surface area contributed by atoms with Gasteiger partial charge in [-0.1, -0.05) is 27.7 Å². The van der Waals surface area contributed by atoms with Crippen LogP contribution in [0.1, 0.15) is 27.7 Å². The molecule has 0 aliphatic carbocycles. The minimum atomic E-state index is 0.381. The monoisotopic (exact) mass is 189 g/mol. The Labute approximate surface area is 84.4 Å². The van der Waals surface area contributed by atoms with Crippen molar-refractivity contribution in [2.75, 3.05) is 0 Å². The predicted molar refractivity (Wildman–Crippen MR) is 60.1 cm³/mol. The molecule has 0 aromatic carbocycles. The van der Waals surface area contributed by atoms with Crippen LogP contribution in [-0.4, -0.2) is 17.4 Å². The second-order valence-corrected chi connectivity index (χ2v) is 4.28. The fourth-order valence-corrected chi connectivity index (χ4v) is 1.39. The number of allylic oxidation sites excluding steroid dienone is 1. The zero-order valence-electron chi connectivity index (χ0n) is 9.07. The fourth-order valence-electron chi connectivity index (χ4n) is 1.39. The Morgan fingerprint density at radius 3 is 2.14 bits per heavy atom. The van der Waals surface area contributed by atoms with Gasteiger partial charge in [0.25, 0.3) is 0 Å². The molecule has 0 saturated heterocycles. The van der Waals surface area contributed by atoms with Gasteiger partial charge >= 0.3 is 0 Å². The van der Waals surface area contributed by atoms with E-state index in [0.29, 0.717) is 11.8 Å². The number of hydrogen-bond acceptors (Lipinski definition) is 3. The standard InChI is InChI=1S/C11H15N3/c1-6(2)8-5-9-11(12-8)14-10(13-9)7(3)4/h5-7H,1-4H3. The quantitative estimate of drug-likeness (QED) is 0.640. The normalized spacial score (nSPS) is 19.6. The van der Waals surface area contributed by atoms with Gasteiger partial charge in [0.2, 0.25) is 0 Å². The molecule has 0 amide bonds. The van der Waals surface area contributed by atoms with Crippen LogP contribution in [-0.2, 0) is 0 Å². The smallest absolute Gasteiger partial charge is 0.180 e. The first kappa shape index (κ1) is 9.31. The molecule has 0 spiro atoms. The Kier molecular flexibility index (Phi) is 2.10. The molecule has 14 heavy (non-hydrogen) atoms. The van der Waals surface area contributed by atoms with Crippen LogP contribution in [0.25, 0.3) is 0 Å². The molecular weight excluding hydrogens is 174 g/mol. The number of amidine groups is 2. The van der Waals surface area contributed by atoms with Crippen molar-refractivity contribution in [1.82, 2.24) is 0 Å². The summed E-state index contributed by atoms with van der Waals surface area (Å²) in [5.41, 5.74) is 2.03. The largest absolute Gasteiger partial charge is 0.231 e. The zero-order chi connectivity index (χ0) is 10.3. The summed E-state index contributed by atoms with van der Waals surface area (Å²) in [5, 5.41) is 0. The third-order valence-electron chi connectivity index (χ3n) is 2.31. The van der Waals surface area contributed by atoms with Gasteiger partial charge in [-0.25, -0.2) is 15.0 Å². The first-order valence-electron chi connectivity index (χ1n) is 5.06. The summed E-state index contributed by atoms with van der Waals surface area (Å²) in [6.07, 6.45) is 2.04. The van der Waals surface area contributed by atoms with E-state index < -0.39 is 0 Å². The molecule has 2 aliphatic heterocycles. The molecule has 3 nitrogen and oxygen atoms in total. The average Bonchev–Trinajstić information content (AvgIpc) is 2.57. The van der Waals surface area contributed by atoms with E-state index in [9.17, 15) is 0 Å². The molecule has 0 aromatic heterocycles. The highest BCUT2D eigenvalue weighted by molar-refractivity contribution is 6.53. The molecule has 0 atom stereocenters. The Morgan fingerprint density at radius 2 is 1.64 bits per heavy atom. The van der Waals surface area contributed by atoms with E-state index in [4.69, 9.17) is 0 Å². The Hall–Kier alpha value is -1.25. The van der Waals surface area contributed by atoms with E-state index in [1.165, 1.54) is 0 Å². The van der Waals surface area contributed by atoms with Gasteiger partial charge in [0.05, 0.1) is 0 Å². The highest BCUT2D eigenvalue weighted by Crippen LogP contribution is 2.21. The molecule has 74 valence electrons. The van der Waals surface area contributed by atoms with Crippen LogP contribution in [0, 0.1) is 11.8 Å². The van der Waals surface area contributed by atoms with Gasteiger partial charge in [-0.15, -0.1) is 0 Å². The number of nitrogens with zero attached hydrogens (tertiary/aromatic N) is 3.